The summed E-state index contributed by atoms with van der Waals surface area (Å²) in [6.07, 6.45) is 3.95. The van der Waals surface area contributed by atoms with E-state index in [4.69, 9.17) is 0 Å². The Balaban J connectivity index is 2.31. The molecule has 2 aromatic rings. The summed E-state index contributed by atoms with van der Waals surface area (Å²) < 4.78 is 13.1. The van der Waals surface area contributed by atoms with E-state index in [1.807, 2.05) is 6.20 Å². The highest BCUT2D eigenvalue weighted by Gasteiger charge is 2.05. The van der Waals surface area contributed by atoms with Crippen LogP contribution in [0.2, 0.25) is 0 Å². The van der Waals surface area contributed by atoms with E-state index < -0.39 is 0 Å². The summed E-state index contributed by atoms with van der Waals surface area (Å²) in [5.74, 6) is 0.259. The van der Waals surface area contributed by atoms with Crippen molar-refractivity contribution in [2.45, 2.75) is 19.8 Å². The topological polar surface area (TPSA) is 15.8 Å². The monoisotopic (exact) mass is 204 g/mol. The molecule has 1 radical (unpaired) electrons. The molecule has 0 aliphatic rings. The summed E-state index contributed by atoms with van der Waals surface area (Å²) in [4.78, 5) is 3.15. The average Bonchev–Trinajstić information content (AvgIpc) is 2.57. The first-order valence-corrected chi connectivity index (χ1v) is 5.25. The molecule has 1 nitrogen and oxygen atoms in total. The summed E-state index contributed by atoms with van der Waals surface area (Å²) >= 11 is 0. The number of aromatic nitrogens is 1. The fourth-order valence-corrected chi connectivity index (χ4v) is 1.76. The lowest BCUT2D eigenvalue weighted by atomic mass is 10.0. The number of nitrogens with one attached hydrogen (secondary N) is 1. The largest absolute Gasteiger partial charge is 0.361 e. The molecule has 15 heavy (non-hydrogen) atoms. The molecule has 0 saturated carbocycles. The smallest absolute Gasteiger partial charge is 0.123 e. The Bertz CT molecular complexity index is 457. The number of aryl methyl sites for hydroxylation is 1. The third kappa shape index (κ3) is 2.20. The molecule has 1 N–H and O–H groups in total. The summed E-state index contributed by atoms with van der Waals surface area (Å²) in [6.45, 7) is 6.04. The van der Waals surface area contributed by atoms with E-state index in [9.17, 15) is 4.39 Å². The molecule has 2 heteroatoms. The fraction of sp³-hybridized carbons (Fsp3) is 0.308. The van der Waals surface area contributed by atoms with E-state index in [-0.39, 0.29) is 5.82 Å². The Morgan fingerprint density at radius 2 is 2.27 bits per heavy atom. The van der Waals surface area contributed by atoms with Crippen LogP contribution >= 0.6 is 0 Å². The van der Waals surface area contributed by atoms with E-state index >= 15 is 0 Å². The Labute approximate surface area is 89.3 Å². The maximum atomic E-state index is 13.1. The molecular formula is C13H15FN. The fourth-order valence-electron chi connectivity index (χ4n) is 1.76. The van der Waals surface area contributed by atoms with Crippen molar-refractivity contribution in [3.05, 3.63) is 42.7 Å². The van der Waals surface area contributed by atoms with E-state index in [1.54, 1.807) is 12.1 Å². The summed E-state index contributed by atoms with van der Waals surface area (Å²) in [5.41, 5.74) is 2.18. The minimum Gasteiger partial charge on any atom is -0.361 e. The van der Waals surface area contributed by atoms with Crippen LogP contribution < -0.4 is 0 Å². The van der Waals surface area contributed by atoms with Gasteiger partial charge in [0.2, 0.25) is 0 Å². The van der Waals surface area contributed by atoms with E-state index in [0.717, 1.165) is 23.7 Å². The maximum absolute atomic E-state index is 13.1. The second-order valence-electron chi connectivity index (χ2n) is 4.15. The molecular weight excluding hydrogens is 189 g/mol. The van der Waals surface area contributed by atoms with E-state index in [2.05, 4.69) is 18.8 Å². The molecule has 1 atom stereocenters. The van der Waals surface area contributed by atoms with Crippen LogP contribution in [0, 0.1) is 18.7 Å². The van der Waals surface area contributed by atoms with Crippen LogP contribution in [0.1, 0.15) is 18.9 Å². The van der Waals surface area contributed by atoms with Gasteiger partial charge >= 0.3 is 0 Å². The van der Waals surface area contributed by atoms with Crippen molar-refractivity contribution < 1.29 is 4.39 Å². The van der Waals surface area contributed by atoms with Crippen LogP contribution in [-0.2, 0) is 6.42 Å². The first-order valence-electron chi connectivity index (χ1n) is 5.25. The molecule has 0 amide bonds. The first kappa shape index (κ1) is 10.2. The number of fused-ring (bicyclic) bond motifs is 1. The van der Waals surface area contributed by atoms with Crippen molar-refractivity contribution in [2.75, 3.05) is 0 Å². The standard InChI is InChI=1S/C13H15FN/c1-9(2)3-4-10-8-15-13-6-5-11(14)7-12(10)13/h5-9,15H,1,3-4H2,2H3. The number of halogens is 1. The predicted octanol–water partition coefficient (Wildman–Crippen LogP) is 3.71. The Kier molecular flexibility index (Phi) is 2.76. The Morgan fingerprint density at radius 3 is 3.00 bits per heavy atom. The van der Waals surface area contributed by atoms with Crippen molar-refractivity contribution >= 4 is 10.9 Å². The first-order chi connectivity index (χ1) is 7.16. The zero-order chi connectivity index (χ0) is 10.8. The number of aromatic amines is 1. The van der Waals surface area contributed by atoms with Gasteiger partial charge in [0.1, 0.15) is 5.82 Å². The lowest BCUT2D eigenvalue weighted by Crippen LogP contribution is -1.91. The molecule has 79 valence electrons. The molecule has 0 spiro atoms. The number of H-pyrrole nitrogens is 1. The van der Waals surface area contributed by atoms with Gasteiger partial charge in [-0.3, -0.25) is 0 Å². The van der Waals surface area contributed by atoms with Gasteiger partial charge < -0.3 is 4.98 Å². The van der Waals surface area contributed by atoms with Crippen molar-refractivity contribution in [3.8, 4) is 0 Å². The minimum atomic E-state index is -0.175. The van der Waals surface area contributed by atoms with Crippen LogP contribution in [0.25, 0.3) is 10.9 Å². The van der Waals surface area contributed by atoms with Crippen molar-refractivity contribution in [1.82, 2.24) is 4.98 Å². The van der Waals surface area contributed by atoms with Gasteiger partial charge in [-0.15, -0.1) is 0 Å². The van der Waals surface area contributed by atoms with Gasteiger partial charge in [0.25, 0.3) is 0 Å². The highest BCUT2D eigenvalue weighted by Crippen LogP contribution is 2.21. The summed E-state index contributed by atoms with van der Waals surface area (Å²) in [5, 5.41) is 0.996. The Morgan fingerprint density at radius 1 is 1.47 bits per heavy atom. The van der Waals surface area contributed by atoms with Crippen molar-refractivity contribution in [1.29, 1.82) is 0 Å². The Hall–Kier alpha value is -1.31. The van der Waals surface area contributed by atoms with Crippen molar-refractivity contribution in [2.24, 2.45) is 5.92 Å². The van der Waals surface area contributed by atoms with Gasteiger partial charge in [-0.05, 0) is 42.5 Å². The van der Waals surface area contributed by atoms with Crippen LogP contribution in [0.4, 0.5) is 4.39 Å². The van der Waals surface area contributed by atoms with Crippen LogP contribution in [-0.4, -0.2) is 4.98 Å². The SMILES string of the molecule is [CH2]C(C)CCc1c[nH]c2ccc(F)cc12. The third-order valence-corrected chi connectivity index (χ3v) is 2.64. The van der Waals surface area contributed by atoms with Gasteiger partial charge in [0, 0.05) is 17.1 Å². The lowest BCUT2D eigenvalue weighted by Gasteiger charge is -2.02. The average molecular weight is 204 g/mol. The molecule has 0 aliphatic carbocycles. The molecule has 1 aromatic heterocycles. The zero-order valence-electron chi connectivity index (χ0n) is 8.89. The third-order valence-electron chi connectivity index (χ3n) is 2.64. The molecule has 1 heterocycles. The highest BCUT2D eigenvalue weighted by molar-refractivity contribution is 5.83. The maximum Gasteiger partial charge on any atom is 0.123 e. The zero-order valence-corrected chi connectivity index (χ0v) is 8.89. The number of hydrogen-bond donors (Lipinski definition) is 1. The predicted molar refractivity (Wildman–Crippen MR) is 61.1 cm³/mol. The van der Waals surface area contributed by atoms with Crippen LogP contribution in [0.5, 0.6) is 0 Å². The molecule has 2 rings (SSSR count). The number of benzene rings is 1. The van der Waals surface area contributed by atoms with Crippen molar-refractivity contribution in [3.63, 3.8) is 0 Å². The summed E-state index contributed by atoms with van der Waals surface area (Å²) in [7, 11) is 0. The van der Waals surface area contributed by atoms with Gasteiger partial charge in [-0.2, -0.15) is 0 Å². The van der Waals surface area contributed by atoms with E-state index in [0.29, 0.717) is 5.92 Å². The van der Waals surface area contributed by atoms with E-state index in [1.165, 1.54) is 11.6 Å². The molecule has 0 fully saturated rings. The molecule has 0 saturated heterocycles. The quantitative estimate of drug-likeness (QED) is 0.784. The van der Waals surface area contributed by atoms with Crippen LogP contribution in [0.3, 0.4) is 0 Å². The molecule has 1 aromatic carbocycles. The van der Waals surface area contributed by atoms with Gasteiger partial charge in [0.05, 0.1) is 0 Å². The van der Waals surface area contributed by atoms with Gasteiger partial charge in [-0.1, -0.05) is 13.8 Å². The van der Waals surface area contributed by atoms with Gasteiger partial charge in [0.15, 0.2) is 0 Å². The summed E-state index contributed by atoms with van der Waals surface area (Å²) in [6, 6.07) is 4.85. The minimum absolute atomic E-state index is 0.175. The lowest BCUT2D eigenvalue weighted by molar-refractivity contribution is 0.629. The molecule has 0 bridgehead atoms. The van der Waals surface area contributed by atoms with Gasteiger partial charge in [-0.25, -0.2) is 4.39 Å². The second-order valence-corrected chi connectivity index (χ2v) is 4.15. The second kappa shape index (κ2) is 4.05. The number of hydrogen-bond acceptors (Lipinski definition) is 0. The highest BCUT2D eigenvalue weighted by atomic mass is 19.1. The molecule has 1 unspecified atom stereocenters. The van der Waals surface area contributed by atoms with Crippen LogP contribution in [0.15, 0.2) is 24.4 Å². The molecule has 0 aliphatic heterocycles. The number of rotatable bonds is 3. The normalized spacial score (nSPS) is 11.5.